The maximum Gasteiger partial charge on any atom is 0.330 e. The lowest BCUT2D eigenvalue weighted by Crippen LogP contribution is -2.31. The normalized spacial score (nSPS) is 24.9. The molecule has 0 amide bonds. The van der Waals surface area contributed by atoms with Gasteiger partial charge in [-0.2, -0.15) is 4.98 Å². The first-order valence-electron chi connectivity index (χ1n) is 11.0. The zero-order chi connectivity index (χ0) is 25.8. The van der Waals surface area contributed by atoms with E-state index in [-0.39, 0.29) is 48.6 Å². The third-order valence-corrected chi connectivity index (χ3v) is 5.94. The van der Waals surface area contributed by atoms with Crippen LogP contribution in [-0.4, -0.2) is 64.6 Å². The van der Waals surface area contributed by atoms with E-state index in [2.05, 4.69) is 30.0 Å². The summed E-state index contributed by atoms with van der Waals surface area (Å²) in [6.07, 6.45) is 6.57. The van der Waals surface area contributed by atoms with Crippen molar-refractivity contribution in [1.82, 2.24) is 29.1 Å². The minimum atomic E-state index is -0.665. The van der Waals surface area contributed by atoms with Crippen LogP contribution in [0.2, 0.25) is 0 Å². The van der Waals surface area contributed by atoms with Crippen LogP contribution in [0.25, 0.3) is 21.6 Å². The average Bonchev–Trinajstić information content (AvgIpc) is 3.57. The summed E-state index contributed by atoms with van der Waals surface area (Å²) in [7, 11) is 0. The molecule has 1 aliphatic heterocycles. The molecule has 0 aromatic carbocycles. The second-order valence-corrected chi connectivity index (χ2v) is 8.24. The van der Waals surface area contributed by atoms with E-state index in [9.17, 15) is 14.4 Å². The zero-order valence-electron chi connectivity index (χ0n) is 18.8. The number of allylic oxidation sites excluding steroid dienone is 1. The van der Waals surface area contributed by atoms with Gasteiger partial charge in [-0.15, -0.1) is 0 Å². The van der Waals surface area contributed by atoms with Gasteiger partial charge in [-0.3, -0.25) is 24.1 Å². The number of hydrogen-bond acceptors (Lipinski definition) is 10. The van der Waals surface area contributed by atoms with Crippen LogP contribution in [0, 0.1) is 5.92 Å². The smallest absolute Gasteiger partial charge is 0.330 e. The number of nitrogen functional groups attached to an aromatic ring is 1. The van der Waals surface area contributed by atoms with Gasteiger partial charge < -0.3 is 25.3 Å². The molecule has 1 aliphatic carbocycles. The molecule has 2 aliphatic rings. The Kier molecular flexibility index (Phi) is 7.30. The Balaban J connectivity index is 0.000000169. The summed E-state index contributed by atoms with van der Waals surface area (Å²) >= 11 is 0. The van der Waals surface area contributed by atoms with Crippen molar-refractivity contribution in [3.63, 3.8) is 0 Å². The van der Waals surface area contributed by atoms with Gasteiger partial charge in [0, 0.05) is 36.1 Å². The molecule has 1 fully saturated rings. The van der Waals surface area contributed by atoms with E-state index in [0.29, 0.717) is 5.65 Å². The molecule has 5 rings (SSSR count). The maximum absolute atomic E-state index is 11.6. The first-order chi connectivity index (χ1) is 17.3. The van der Waals surface area contributed by atoms with E-state index in [1.54, 1.807) is 6.33 Å². The SMILES string of the molecule is Nc1nc2c(ncn2[C@H]2C=C[C@@H](CO)C2)c(=O)[nH]1.[N-]=[N+]=N[C@H]1C[C@H](n2ccc(=O)[nH]c2=O)O[C@@H]1CO. The van der Waals surface area contributed by atoms with Gasteiger partial charge in [-0.25, -0.2) is 9.78 Å². The highest BCUT2D eigenvalue weighted by molar-refractivity contribution is 5.70. The summed E-state index contributed by atoms with van der Waals surface area (Å²) in [5, 5.41) is 21.7. The Morgan fingerprint density at radius 2 is 2.00 bits per heavy atom. The number of H-pyrrole nitrogens is 2. The van der Waals surface area contributed by atoms with E-state index >= 15 is 0 Å². The summed E-state index contributed by atoms with van der Waals surface area (Å²) in [6, 6.07) is 0.712. The topological polar surface area (TPSA) is 243 Å². The van der Waals surface area contributed by atoms with E-state index < -0.39 is 29.6 Å². The van der Waals surface area contributed by atoms with E-state index in [1.165, 1.54) is 16.8 Å². The highest BCUT2D eigenvalue weighted by Crippen LogP contribution is 2.30. The number of hydrogen-bond donors (Lipinski definition) is 5. The molecule has 5 atom stereocenters. The van der Waals surface area contributed by atoms with Crippen LogP contribution in [-0.2, 0) is 4.74 Å². The van der Waals surface area contributed by atoms with E-state index in [0.717, 1.165) is 6.42 Å². The molecule has 4 heterocycles. The number of azide groups is 1. The molecule has 16 nitrogen and oxygen atoms in total. The number of aromatic amines is 2. The molecule has 6 N–H and O–H groups in total. The highest BCUT2D eigenvalue weighted by atomic mass is 16.5. The molecule has 0 bridgehead atoms. The van der Waals surface area contributed by atoms with Gasteiger partial charge in [0.2, 0.25) is 5.95 Å². The Morgan fingerprint density at radius 3 is 2.67 bits per heavy atom. The van der Waals surface area contributed by atoms with Crippen molar-refractivity contribution < 1.29 is 14.9 Å². The number of nitrogens with two attached hydrogens (primary N) is 1. The van der Waals surface area contributed by atoms with Gasteiger partial charge in [0.05, 0.1) is 31.1 Å². The standard InChI is InChI=1S/C11H13N5O2.C9H11N5O4/c12-11-14-9-8(10(18)15-11)13-5-16(9)7-2-1-6(3-7)4-17;10-13-12-5-3-8(18-6(5)4-15)14-2-1-7(16)11-9(14)17/h1-2,5-7,17H,3-4H2,(H3,12,14,15,18);1-2,5-6,8,15H,3-4H2,(H,11,16,17)/t6-,7+;5-,6+,8+/m10/s1. The van der Waals surface area contributed by atoms with Crippen LogP contribution in [0.4, 0.5) is 5.95 Å². The monoisotopic (exact) mass is 500 g/mol. The van der Waals surface area contributed by atoms with Crippen molar-refractivity contribution in [3.05, 3.63) is 72.4 Å². The molecule has 0 radical (unpaired) electrons. The van der Waals surface area contributed by atoms with Crippen molar-refractivity contribution in [2.75, 3.05) is 18.9 Å². The lowest BCUT2D eigenvalue weighted by atomic mass is 10.1. The van der Waals surface area contributed by atoms with Gasteiger partial charge in [-0.1, -0.05) is 17.3 Å². The Bertz CT molecular complexity index is 1480. The third kappa shape index (κ3) is 5.06. The molecular weight excluding hydrogens is 476 g/mol. The number of aromatic nitrogens is 6. The predicted octanol–water partition coefficient (Wildman–Crippen LogP) is -0.693. The molecule has 1 saturated heterocycles. The Labute approximate surface area is 201 Å². The Morgan fingerprint density at radius 1 is 1.19 bits per heavy atom. The van der Waals surface area contributed by atoms with Crippen LogP contribution in [0.15, 0.2) is 50.2 Å². The minimum Gasteiger partial charge on any atom is -0.396 e. The molecule has 0 spiro atoms. The van der Waals surface area contributed by atoms with Crippen molar-refractivity contribution in [1.29, 1.82) is 0 Å². The summed E-state index contributed by atoms with van der Waals surface area (Å²) in [4.78, 5) is 49.5. The minimum absolute atomic E-state index is 0.0563. The van der Waals surface area contributed by atoms with Crippen molar-refractivity contribution in [2.45, 2.75) is 37.3 Å². The number of ether oxygens (including phenoxy) is 1. The van der Waals surface area contributed by atoms with Gasteiger partial charge in [0.1, 0.15) is 6.23 Å². The van der Waals surface area contributed by atoms with Crippen molar-refractivity contribution in [3.8, 4) is 0 Å². The number of nitrogens with one attached hydrogen (secondary N) is 2. The zero-order valence-corrected chi connectivity index (χ0v) is 18.8. The van der Waals surface area contributed by atoms with Gasteiger partial charge in [0.15, 0.2) is 11.2 Å². The second-order valence-electron chi connectivity index (χ2n) is 8.24. The van der Waals surface area contributed by atoms with Crippen LogP contribution in [0.3, 0.4) is 0 Å². The maximum atomic E-state index is 11.6. The van der Waals surface area contributed by atoms with Gasteiger partial charge in [0.25, 0.3) is 11.1 Å². The summed E-state index contributed by atoms with van der Waals surface area (Å²) in [6.45, 7) is -0.186. The van der Waals surface area contributed by atoms with E-state index in [1.807, 2.05) is 16.7 Å². The number of aliphatic hydroxyl groups is 2. The molecular formula is C20H24N10O6. The lowest BCUT2D eigenvalue weighted by molar-refractivity contribution is -0.0270. The first-order valence-corrected chi connectivity index (χ1v) is 11.0. The largest absolute Gasteiger partial charge is 0.396 e. The number of nitrogens with zero attached hydrogens (tertiary/aromatic N) is 7. The van der Waals surface area contributed by atoms with Crippen LogP contribution >= 0.6 is 0 Å². The van der Waals surface area contributed by atoms with Crippen LogP contribution in [0.5, 0.6) is 0 Å². The summed E-state index contributed by atoms with van der Waals surface area (Å²) < 4.78 is 8.41. The van der Waals surface area contributed by atoms with Crippen molar-refractivity contribution in [2.24, 2.45) is 11.0 Å². The lowest BCUT2D eigenvalue weighted by Gasteiger charge is -2.13. The Hall–Kier alpha value is -4.24. The fourth-order valence-electron chi connectivity index (χ4n) is 4.17. The van der Waals surface area contributed by atoms with Crippen LogP contribution < -0.4 is 22.5 Å². The number of aliphatic hydroxyl groups excluding tert-OH is 2. The highest BCUT2D eigenvalue weighted by Gasteiger charge is 2.35. The molecule has 16 heteroatoms. The number of imidazole rings is 1. The van der Waals surface area contributed by atoms with Crippen molar-refractivity contribution >= 4 is 17.1 Å². The summed E-state index contributed by atoms with van der Waals surface area (Å²) in [5.74, 6) is 0.224. The molecule has 0 saturated carbocycles. The fraction of sp³-hybridized carbons (Fsp3) is 0.450. The molecule has 0 unspecified atom stereocenters. The number of fused-ring (bicyclic) bond motifs is 1. The first kappa shape index (κ1) is 24.9. The second kappa shape index (κ2) is 10.6. The van der Waals surface area contributed by atoms with Gasteiger partial charge >= 0.3 is 5.69 Å². The van der Waals surface area contributed by atoms with Crippen LogP contribution in [0.1, 0.15) is 25.1 Å². The quantitative estimate of drug-likeness (QED) is 0.128. The van der Waals surface area contributed by atoms with E-state index in [4.69, 9.17) is 26.2 Å². The number of rotatable bonds is 5. The molecule has 36 heavy (non-hydrogen) atoms. The number of anilines is 1. The third-order valence-electron chi connectivity index (χ3n) is 5.94. The molecule has 190 valence electrons. The molecule has 3 aromatic heterocycles. The fourth-order valence-corrected chi connectivity index (χ4v) is 4.17. The molecule has 3 aromatic rings. The summed E-state index contributed by atoms with van der Waals surface area (Å²) in [5.41, 5.74) is 13.2. The van der Waals surface area contributed by atoms with Gasteiger partial charge in [-0.05, 0) is 12.0 Å². The predicted molar refractivity (Wildman–Crippen MR) is 126 cm³/mol. The average molecular weight is 500 g/mol.